The van der Waals surface area contributed by atoms with E-state index in [1.54, 1.807) is 24.4 Å². The number of nitrogens with zero attached hydrogens (tertiary/aromatic N) is 4. The van der Waals surface area contributed by atoms with E-state index < -0.39 is 16.0 Å². The molecule has 8 nitrogen and oxygen atoms in total. The molecule has 0 unspecified atom stereocenters. The highest BCUT2D eigenvalue weighted by atomic mass is 32.2. The largest absolute Gasteiger partial charge is 0.468 e. The first-order valence-electron chi connectivity index (χ1n) is 6.39. The molecule has 0 N–H and O–H groups in total. The first-order chi connectivity index (χ1) is 10.4. The molecule has 2 aromatic heterocycles. The van der Waals surface area contributed by atoms with Gasteiger partial charge in [0.1, 0.15) is 11.4 Å². The number of hydrogen-bond acceptors (Lipinski definition) is 6. The second-order valence-electron chi connectivity index (χ2n) is 4.53. The fourth-order valence-corrected chi connectivity index (χ4v) is 2.84. The Kier molecular flexibility index (Phi) is 4.88. The number of ether oxygens (including phenoxy) is 1. The number of pyridine rings is 1. The molecule has 0 aromatic carbocycles. The van der Waals surface area contributed by atoms with Crippen molar-refractivity contribution >= 4 is 16.0 Å². The van der Waals surface area contributed by atoms with Crippen molar-refractivity contribution in [2.45, 2.75) is 18.0 Å². The van der Waals surface area contributed by atoms with Crippen molar-refractivity contribution in [1.29, 1.82) is 0 Å². The molecule has 0 saturated heterocycles. The van der Waals surface area contributed by atoms with Gasteiger partial charge in [-0.15, -0.1) is 0 Å². The van der Waals surface area contributed by atoms with E-state index in [9.17, 15) is 13.2 Å². The SMILES string of the molecule is COC(=O)Cn1cc(S(=O)(=O)N(C)Cc2ccccn2)cn1. The number of hydrogen-bond donors (Lipinski definition) is 0. The molecule has 0 atom stereocenters. The van der Waals surface area contributed by atoms with Crippen LogP contribution in [0.5, 0.6) is 0 Å². The van der Waals surface area contributed by atoms with E-state index in [0.29, 0.717) is 5.69 Å². The molecular formula is C13H16N4O4S. The van der Waals surface area contributed by atoms with Crippen LogP contribution in [0.4, 0.5) is 0 Å². The third-order valence-electron chi connectivity index (χ3n) is 2.95. The quantitative estimate of drug-likeness (QED) is 0.708. The Hall–Kier alpha value is -2.26. The molecule has 2 aromatic rings. The maximum absolute atomic E-state index is 12.4. The van der Waals surface area contributed by atoms with Gasteiger partial charge in [-0.3, -0.25) is 14.5 Å². The molecule has 0 radical (unpaired) electrons. The highest BCUT2D eigenvalue weighted by Crippen LogP contribution is 2.15. The summed E-state index contributed by atoms with van der Waals surface area (Å²) in [6, 6.07) is 5.29. The lowest BCUT2D eigenvalue weighted by molar-refractivity contribution is -0.141. The molecule has 2 rings (SSSR count). The number of carbonyl (C=O) groups excluding carboxylic acids is 1. The number of rotatable bonds is 6. The van der Waals surface area contributed by atoms with Crippen LogP contribution < -0.4 is 0 Å². The van der Waals surface area contributed by atoms with Crippen LogP contribution in [-0.4, -0.2) is 47.6 Å². The Morgan fingerprint density at radius 1 is 1.41 bits per heavy atom. The molecule has 0 aliphatic carbocycles. The van der Waals surface area contributed by atoms with Crippen LogP contribution in [-0.2, 0) is 32.6 Å². The summed E-state index contributed by atoms with van der Waals surface area (Å²) in [5.74, 6) is -0.506. The molecule has 9 heteroatoms. The van der Waals surface area contributed by atoms with Crippen molar-refractivity contribution in [3.8, 4) is 0 Å². The van der Waals surface area contributed by atoms with Gasteiger partial charge in [-0.1, -0.05) is 6.07 Å². The van der Waals surface area contributed by atoms with Gasteiger partial charge in [0.15, 0.2) is 0 Å². The molecule has 0 bridgehead atoms. The number of methoxy groups -OCH3 is 1. The van der Waals surface area contributed by atoms with Gasteiger partial charge in [0.05, 0.1) is 25.5 Å². The minimum Gasteiger partial charge on any atom is -0.468 e. The van der Waals surface area contributed by atoms with E-state index in [-0.39, 0.29) is 18.0 Å². The average molecular weight is 324 g/mol. The monoisotopic (exact) mass is 324 g/mol. The van der Waals surface area contributed by atoms with Crippen LogP contribution in [0.3, 0.4) is 0 Å². The second-order valence-corrected chi connectivity index (χ2v) is 6.58. The number of sulfonamides is 1. The predicted octanol–water partition coefficient (Wildman–Crippen LogP) is 0.272. The predicted molar refractivity (Wildman–Crippen MR) is 77.1 cm³/mol. The molecule has 0 aliphatic heterocycles. The molecule has 118 valence electrons. The summed E-state index contributed by atoms with van der Waals surface area (Å²) in [6.07, 6.45) is 4.10. The molecule has 0 spiro atoms. The van der Waals surface area contributed by atoms with Crippen LogP contribution in [0.25, 0.3) is 0 Å². The number of esters is 1. The van der Waals surface area contributed by atoms with Gasteiger partial charge in [-0.05, 0) is 12.1 Å². The molecule has 0 aliphatic rings. The Labute approximate surface area is 128 Å². The van der Waals surface area contributed by atoms with Crippen molar-refractivity contribution in [2.75, 3.05) is 14.2 Å². The van der Waals surface area contributed by atoms with Gasteiger partial charge in [-0.2, -0.15) is 9.40 Å². The normalized spacial score (nSPS) is 11.6. The van der Waals surface area contributed by atoms with E-state index in [0.717, 1.165) is 0 Å². The maximum atomic E-state index is 12.4. The van der Waals surface area contributed by atoms with Crippen LogP contribution in [0.2, 0.25) is 0 Å². The van der Waals surface area contributed by atoms with Gasteiger partial charge < -0.3 is 4.74 Å². The topological polar surface area (TPSA) is 94.4 Å². The molecule has 22 heavy (non-hydrogen) atoms. The Morgan fingerprint density at radius 2 is 2.18 bits per heavy atom. The Bertz CT molecular complexity index is 742. The van der Waals surface area contributed by atoms with Crippen molar-refractivity contribution in [3.63, 3.8) is 0 Å². The van der Waals surface area contributed by atoms with Gasteiger partial charge in [0, 0.05) is 19.4 Å². The highest BCUT2D eigenvalue weighted by molar-refractivity contribution is 7.89. The summed E-state index contributed by atoms with van der Waals surface area (Å²) < 4.78 is 31.8. The number of aromatic nitrogens is 3. The van der Waals surface area contributed by atoms with Crippen LogP contribution in [0, 0.1) is 0 Å². The van der Waals surface area contributed by atoms with Gasteiger partial charge >= 0.3 is 5.97 Å². The van der Waals surface area contributed by atoms with Crippen molar-refractivity contribution in [3.05, 3.63) is 42.5 Å². The third-order valence-corrected chi connectivity index (χ3v) is 4.70. The fraction of sp³-hybridized carbons (Fsp3) is 0.308. The Balaban J connectivity index is 2.14. The lowest BCUT2D eigenvalue weighted by Crippen LogP contribution is -2.26. The fourth-order valence-electron chi connectivity index (χ4n) is 1.75. The molecular weight excluding hydrogens is 308 g/mol. The lowest BCUT2D eigenvalue weighted by atomic mass is 10.3. The zero-order valence-electron chi connectivity index (χ0n) is 12.2. The average Bonchev–Trinajstić information content (AvgIpc) is 2.97. The highest BCUT2D eigenvalue weighted by Gasteiger charge is 2.23. The first-order valence-corrected chi connectivity index (χ1v) is 7.83. The first kappa shape index (κ1) is 16.1. The third kappa shape index (κ3) is 3.68. The minimum absolute atomic E-state index is 0.00911. The molecule has 0 saturated carbocycles. The van der Waals surface area contributed by atoms with Crippen LogP contribution >= 0.6 is 0 Å². The summed E-state index contributed by atoms with van der Waals surface area (Å²) in [7, 11) is -0.987. The summed E-state index contributed by atoms with van der Waals surface area (Å²) in [5, 5.41) is 3.85. The van der Waals surface area contributed by atoms with Gasteiger partial charge in [-0.25, -0.2) is 8.42 Å². The standard InChI is InChI=1S/C13H16N4O4S/c1-16(8-11-5-3-4-6-14-11)22(19,20)12-7-15-17(9-12)10-13(18)21-2/h3-7,9H,8,10H2,1-2H3. The van der Waals surface area contributed by atoms with E-state index in [2.05, 4.69) is 14.8 Å². The van der Waals surface area contributed by atoms with E-state index in [4.69, 9.17) is 0 Å². The van der Waals surface area contributed by atoms with Crippen LogP contribution in [0.1, 0.15) is 5.69 Å². The van der Waals surface area contributed by atoms with Crippen molar-refractivity contribution in [2.24, 2.45) is 0 Å². The summed E-state index contributed by atoms with van der Waals surface area (Å²) in [6.45, 7) is 0.00132. The van der Waals surface area contributed by atoms with Gasteiger partial charge in [0.25, 0.3) is 0 Å². The molecule has 0 amide bonds. The second kappa shape index (κ2) is 6.67. The van der Waals surface area contributed by atoms with Crippen LogP contribution in [0.15, 0.2) is 41.7 Å². The zero-order chi connectivity index (χ0) is 16.2. The van der Waals surface area contributed by atoms with Crippen molar-refractivity contribution in [1.82, 2.24) is 19.1 Å². The summed E-state index contributed by atoms with van der Waals surface area (Å²) in [4.78, 5) is 15.3. The Morgan fingerprint density at radius 3 is 2.82 bits per heavy atom. The minimum atomic E-state index is -3.70. The van der Waals surface area contributed by atoms with E-state index >= 15 is 0 Å². The molecule has 0 fully saturated rings. The number of carbonyl (C=O) groups is 1. The van der Waals surface area contributed by atoms with E-state index in [1.807, 2.05) is 0 Å². The summed E-state index contributed by atoms with van der Waals surface area (Å²) in [5.41, 5.74) is 0.635. The molecule has 2 heterocycles. The van der Waals surface area contributed by atoms with E-state index in [1.165, 1.54) is 35.5 Å². The smallest absolute Gasteiger partial charge is 0.327 e. The lowest BCUT2D eigenvalue weighted by Gasteiger charge is -2.15. The zero-order valence-corrected chi connectivity index (χ0v) is 13.0. The maximum Gasteiger partial charge on any atom is 0.327 e. The summed E-state index contributed by atoms with van der Waals surface area (Å²) >= 11 is 0. The van der Waals surface area contributed by atoms with Gasteiger partial charge in [0.2, 0.25) is 10.0 Å². The van der Waals surface area contributed by atoms with Crippen molar-refractivity contribution < 1.29 is 17.9 Å².